The number of phenols is 2. The van der Waals surface area contributed by atoms with Crippen molar-refractivity contribution in [3.05, 3.63) is 42.1 Å². The maximum absolute atomic E-state index is 11.8. The zero-order chi connectivity index (χ0) is 22.3. The number of benzene rings is 2. The molecule has 0 amide bonds. The molecule has 14 heteroatoms. The maximum atomic E-state index is 11.8. The zero-order valence-electron chi connectivity index (χ0n) is 14.7. The molecule has 0 aromatic heterocycles. The molecule has 0 aliphatic heterocycles. The minimum atomic E-state index is -4.96. The summed E-state index contributed by atoms with van der Waals surface area (Å²) in [5, 5.41) is 27.4. The summed E-state index contributed by atoms with van der Waals surface area (Å²) >= 11 is -1.19. The summed E-state index contributed by atoms with van der Waals surface area (Å²) in [6, 6.07) is 2.22. The fourth-order valence-corrected chi connectivity index (χ4v) is 4.48. The van der Waals surface area contributed by atoms with Crippen molar-refractivity contribution in [3.63, 3.8) is 0 Å². The van der Waals surface area contributed by atoms with E-state index in [4.69, 9.17) is 4.55 Å². The molecular weight excluding hydrogens is 503 g/mol. The predicted molar refractivity (Wildman–Crippen MR) is 105 cm³/mol. The second-order valence-electron chi connectivity index (χ2n) is 6.01. The Morgan fingerprint density at radius 2 is 1.63 bits per heavy atom. The molecule has 0 atom stereocenters. The van der Waals surface area contributed by atoms with E-state index in [0.717, 1.165) is 12.1 Å². The molecule has 157 valence electrons. The second-order valence-corrected chi connectivity index (χ2v) is 10.4. The van der Waals surface area contributed by atoms with Gasteiger partial charge < -0.3 is 0 Å². The SMILES string of the molecule is O=[As]=C1C=CC(N=Nc2c(S(=O)(=O)O)cc3cc(S(=O)(=O)O)cc(O)c3c2O)=CC1. The summed E-state index contributed by atoms with van der Waals surface area (Å²) in [6.45, 7) is 0. The fraction of sp³-hybridized carbons (Fsp3) is 0.0625. The van der Waals surface area contributed by atoms with Gasteiger partial charge in [0, 0.05) is 0 Å². The van der Waals surface area contributed by atoms with Gasteiger partial charge in [-0.3, -0.25) is 4.55 Å². The van der Waals surface area contributed by atoms with Crippen LogP contribution in [0.5, 0.6) is 11.5 Å². The molecule has 30 heavy (non-hydrogen) atoms. The van der Waals surface area contributed by atoms with Gasteiger partial charge in [0.25, 0.3) is 10.1 Å². The van der Waals surface area contributed by atoms with E-state index in [2.05, 4.69) is 10.2 Å². The van der Waals surface area contributed by atoms with Crippen LogP contribution >= 0.6 is 0 Å². The molecule has 1 radical (unpaired) electrons. The summed E-state index contributed by atoms with van der Waals surface area (Å²) in [4.78, 5) is -1.66. The number of hydrogen-bond acceptors (Lipinski definition) is 9. The van der Waals surface area contributed by atoms with Crippen LogP contribution < -0.4 is 0 Å². The molecule has 4 N–H and O–H groups in total. The molecule has 11 nitrogen and oxygen atoms in total. The number of allylic oxidation sites excluding steroid dienone is 3. The number of hydrogen-bond donors (Lipinski definition) is 4. The van der Waals surface area contributed by atoms with Crippen molar-refractivity contribution in [1.82, 2.24) is 0 Å². The van der Waals surface area contributed by atoms with Crippen molar-refractivity contribution in [2.45, 2.75) is 16.2 Å². The molecule has 3 rings (SSSR count). The van der Waals surface area contributed by atoms with Gasteiger partial charge in [-0.15, -0.1) is 0 Å². The Bertz CT molecular complexity index is 1440. The second kappa shape index (κ2) is 7.93. The average molecular weight is 515 g/mol. The first kappa shape index (κ1) is 22.1. The Morgan fingerprint density at radius 3 is 2.17 bits per heavy atom. The van der Waals surface area contributed by atoms with Crippen LogP contribution in [0.2, 0.25) is 0 Å². The van der Waals surface area contributed by atoms with E-state index < -0.39 is 62.5 Å². The van der Waals surface area contributed by atoms with E-state index in [1.807, 2.05) is 0 Å². The number of rotatable bonds is 4. The van der Waals surface area contributed by atoms with Crippen LogP contribution in [-0.2, 0) is 24.0 Å². The Morgan fingerprint density at radius 1 is 0.933 bits per heavy atom. The molecule has 0 heterocycles. The van der Waals surface area contributed by atoms with Gasteiger partial charge in [-0.2, -0.15) is 8.42 Å². The molecule has 0 fully saturated rings. The number of fused-ring (bicyclic) bond motifs is 1. The zero-order valence-corrected chi connectivity index (χ0v) is 18.2. The molecule has 0 bridgehead atoms. The van der Waals surface area contributed by atoms with E-state index in [0.29, 0.717) is 16.8 Å². The third-order valence-electron chi connectivity index (χ3n) is 4.03. The summed E-state index contributed by atoms with van der Waals surface area (Å²) in [6.07, 6.45) is 4.95. The quantitative estimate of drug-likeness (QED) is 0.267. The van der Waals surface area contributed by atoms with E-state index in [1.165, 1.54) is 6.08 Å². The molecular formula is C16H12AsN2O9S2. The molecule has 0 spiro atoms. The van der Waals surface area contributed by atoms with Crippen LogP contribution in [0.3, 0.4) is 0 Å². The third-order valence-corrected chi connectivity index (χ3v) is 6.91. The third kappa shape index (κ3) is 4.44. The first-order chi connectivity index (χ1) is 13.9. The van der Waals surface area contributed by atoms with Crippen LogP contribution in [0.25, 0.3) is 10.8 Å². The molecule has 1 aliphatic carbocycles. The van der Waals surface area contributed by atoms with E-state index in [9.17, 15) is 35.3 Å². The van der Waals surface area contributed by atoms with Gasteiger partial charge in [0.05, 0.1) is 0 Å². The Balaban J connectivity index is 2.26. The fourth-order valence-electron chi connectivity index (χ4n) is 2.66. The monoisotopic (exact) mass is 515 g/mol. The van der Waals surface area contributed by atoms with Crippen LogP contribution in [0.1, 0.15) is 6.42 Å². The summed E-state index contributed by atoms with van der Waals surface area (Å²) in [5.74, 6) is -1.67. The average Bonchev–Trinajstić information content (AvgIpc) is 2.65. The van der Waals surface area contributed by atoms with Crippen LogP contribution in [0, 0.1) is 0 Å². The minimum absolute atomic E-state index is 0.264. The molecule has 0 unspecified atom stereocenters. The summed E-state index contributed by atoms with van der Waals surface area (Å²) < 4.78 is 76.6. The molecule has 0 saturated carbocycles. The topological polar surface area (TPSA) is 191 Å². The normalized spacial score (nSPS) is 15.0. The van der Waals surface area contributed by atoms with Crippen molar-refractivity contribution >= 4 is 56.2 Å². The van der Waals surface area contributed by atoms with Crippen molar-refractivity contribution in [3.8, 4) is 11.5 Å². The summed E-state index contributed by atoms with van der Waals surface area (Å²) in [7, 11) is -9.71. The Labute approximate surface area is 176 Å². The molecule has 0 saturated heterocycles. The van der Waals surface area contributed by atoms with Crippen LogP contribution in [-0.4, -0.2) is 55.7 Å². The van der Waals surface area contributed by atoms with E-state index >= 15 is 0 Å². The van der Waals surface area contributed by atoms with Gasteiger partial charge in [-0.05, 0) is 0 Å². The van der Waals surface area contributed by atoms with Gasteiger partial charge in [-0.1, -0.05) is 0 Å². The predicted octanol–water partition coefficient (Wildman–Crippen LogP) is 1.89. The van der Waals surface area contributed by atoms with Crippen molar-refractivity contribution in [2.75, 3.05) is 0 Å². The van der Waals surface area contributed by atoms with Crippen LogP contribution in [0.15, 0.2) is 62.1 Å². The van der Waals surface area contributed by atoms with Crippen molar-refractivity contribution < 1.29 is 39.9 Å². The number of phenolic OH excluding ortho intramolecular Hbond substituents is 2. The Kier molecular flexibility index (Phi) is 5.85. The van der Waals surface area contributed by atoms with Gasteiger partial charge in [0.15, 0.2) is 0 Å². The van der Waals surface area contributed by atoms with Gasteiger partial charge in [0.1, 0.15) is 0 Å². The van der Waals surface area contributed by atoms with Crippen LogP contribution in [0.4, 0.5) is 5.69 Å². The van der Waals surface area contributed by atoms with Gasteiger partial charge in [0.2, 0.25) is 0 Å². The van der Waals surface area contributed by atoms with Gasteiger partial charge >= 0.3 is 153 Å². The van der Waals surface area contributed by atoms with Crippen molar-refractivity contribution in [1.29, 1.82) is 0 Å². The standard InChI is InChI=1S/C16H12AsN2O9S2/c20-12-7-11(29(23,24)25)5-8-6-13(30(26,27)28)15(16(21)14(8)12)19-18-10-3-1-9(17-22)2-4-10/h1,3-7,20-21H,2H2,(H,23,24,25)(H,26,27,28). The Hall–Kier alpha value is -2.57. The van der Waals surface area contributed by atoms with E-state index in [1.54, 1.807) is 12.2 Å². The molecule has 2 aromatic carbocycles. The number of nitrogens with zero attached hydrogens (tertiary/aromatic N) is 2. The summed E-state index contributed by atoms with van der Waals surface area (Å²) in [5.41, 5.74) is -0.431. The van der Waals surface area contributed by atoms with E-state index in [-0.39, 0.29) is 16.5 Å². The first-order valence-corrected chi connectivity index (χ1v) is 12.5. The van der Waals surface area contributed by atoms with Crippen molar-refractivity contribution in [2.24, 2.45) is 10.2 Å². The molecule has 2 aromatic rings. The first-order valence-electron chi connectivity index (χ1n) is 7.88. The number of aromatic hydroxyl groups is 2. The molecule has 1 aliphatic rings. The number of azo groups is 1. The van der Waals surface area contributed by atoms with Gasteiger partial charge in [-0.25, -0.2) is 0 Å².